The van der Waals surface area contributed by atoms with Crippen molar-refractivity contribution < 1.29 is 19.2 Å². The van der Waals surface area contributed by atoms with Gasteiger partial charge in [-0.05, 0) is 49.7 Å². The van der Waals surface area contributed by atoms with E-state index in [1.807, 2.05) is 11.0 Å². The van der Waals surface area contributed by atoms with Crippen molar-refractivity contribution in [3.05, 3.63) is 49.9 Å². The van der Waals surface area contributed by atoms with Crippen molar-refractivity contribution in [2.24, 2.45) is 0 Å². The zero-order valence-corrected chi connectivity index (χ0v) is 18.9. The molecule has 0 aliphatic carbocycles. The molecule has 166 valence electrons. The fourth-order valence-corrected chi connectivity index (χ4v) is 4.71. The van der Waals surface area contributed by atoms with Crippen LogP contribution < -0.4 is 15.5 Å². The number of ether oxygens (including phenoxy) is 1. The third kappa shape index (κ3) is 4.68. The molecule has 10 nitrogen and oxygen atoms in total. The van der Waals surface area contributed by atoms with Crippen molar-refractivity contribution in [1.82, 2.24) is 5.32 Å². The Labute approximate surface area is 192 Å². The van der Waals surface area contributed by atoms with Gasteiger partial charge >= 0.3 is 5.97 Å². The van der Waals surface area contributed by atoms with Gasteiger partial charge in [-0.2, -0.15) is 5.26 Å². The minimum atomic E-state index is -0.640. The summed E-state index contributed by atoms with van der Waals surface area (Å²) in [7, 11) is 1.24. The lowest BCUT2D eigenvalue weighted by atomic mass is 10.1. The third-order valence-electron chi connectivity index (χ3n) is 4.96. The maximum Gasteiger partial charge on any atom is 0.348 e. The first-order valence-corrected chi connectivity index (χ1v) is 10.8. The van der Waals surface area contributed by atoms with Crippen LogP contribution in [0, 0.1) is 28.4 Å². The van der Waals surface area contributed by atoms with E-state index in [9.17, 15) is 25.0 Å². The number of thiophene rings is 1. The SMILES string of the molecule is COC(=O)c1sc(NC(=S)NC(=O)c2ccc(N3CCCC3)c([N+](=O)[O-])c2)c(C#N)c1C. The summed E-state index contributed by atoms with van der Waals surface area (Å²) in [5.41, 5.74) is 1.04. The van der Waals surface area contributed by atoms with Gasteiger partial charge in [0, 0.05) is 24.7 Å². The van der Waals surface area contributed by atoms with Crippen LogP contribution in [0.25, 0.3) is 0 Å². The fourth-order valence-electron chi connectivity index (χ4n) is 3.37. The molecule has 0 saturated carbocycles. The lowest BCUT2D eigenvalue weighted by Crippen LogP contribution is -2.34. The van der Waals surface area contributed by atoms with Crippen LogP contribution in [0.2, 0.25) is 0 Å². The van der Waals surface area contributed by atoms with Gasteiger partial charge in [-0.15, -0.1) is 11.3 Å². The molecule has 1 aromatic heterocycles. The molecule has 1 saturated heterocycles. The molecule has 32 heavy (non-hydrogen) atoms. The zero-order chi connectivity index (χ0) is 23.4. The summed E-state index contributed by atoms with van der Waals surface area (Å²) in [6.45, 7) is 3.07. The highest BCUT2D eigenvalue weighted by Crippen LogP contribution is 2.33. The van der Waals surface area contributed by atoms with Crippen LogP contribution in [-0.2, 0) is 4.74 Å². The first-order chi connectivity index (χ1) is 15.3. The van der Waals surface area contributed by atoms with E-state index in [2.05, 4.69) is 10.6 Å². The number of thiocarbonyl (C=S) groups is 1. The zero-order valence-electron chi connectivity index (χ0n) is 17.3. The number of amides is 1. The molecule has 1 amide bonds. The number of carbonyl (C=O) groups is 2. The highest BCUT2D eigenvalue weighted by Gasteiger charge is 2.25. The number of methoxy groups -OCH3 is 1. The van der Waals surface area contributed by atoms with Crippen LogP contribution in [0.1, 0.15) is 44.0 Å². The van der Waals surface area contributed by atoms with Crippen LogP contribution >= 0.6 is 23.6 Å². The standard InChI is InChI=1S/C20H19N5O5S2/c1-11-13(10-21)18(32-16(11)19(27)30-2)23-20(31)22-17(26)12-5-6-14(15(9-12)25(28)29)24-7-3-4-8-24/h5-6,9H,3-4,7-8H2,1-2H3,(H2,22,23,26,31). The minimum Gasteiger partial charge on any atom is -0.465 e. The Morgan fingerprint density at radius 1 is 1.34 bits per heavy atom. The van der Waals surface area contributed by atoms with E-state index >= 15 is 0 Å². The molecular formula is C20H19N5O5S2. The highest BCUT2D eigenvalue weighted by molar-refractivity contribution is 7.80. The van der Waals surface area contributed by atoms with E-state index in [-0.39, 0.29) is 31.8 Å². The largest absolute Gasteiger partial charge is 0.465 e. The molecule has 1 fully saturated rings. The predicted molar refractivity (Wildman–Crippen MR) is 123 cm³/mol. The number of hydrogen-bond donors (Lipinski definition) is 2. The van der Waals surface area contributed by atoms with Gasteiger partial charge in [0.25, 0.3) is 11.6 Å². The van der Waals surface area contributed by atoms with Crippen LogP contribution in [0.15, 0.2) is 18.2 Å². The number of nitrogens with zero attached hydrogens (tertiary/aromatic N) is 3. The van der Waals surface area contributed by atoms with E-state index in [1.54, 1.807) is 13.0 Å². The Morgan fingerprint density at radius 2 is 2.03 bits per heavy atom. The maximum absolute atomic E-state index is 12.6. The average Bonchev–Trinajstić information content (AvgIpc) is 3.40. The van der Waals surface area contributed by atoms with Gasteiger partial charge in [-0.1, -0.05) is 0 Å². The number of nitro groups is 1. The number of nitrogens with one attached hydrogen (secondary N) is 2. The Morgan fingerprint density at radius 3 is 2.62 bits per heavy atom. The number of hydrogen-bond acceptors (Lipinski definition) is 9. The van der Waals surface area contributed by atoms with Crippen LogP contribution in [0.3, 0.4) is 0 Å². The average molecular weight is 474 g/mol. The van der Waals surface area contributed by atoms with Gasteiger partial charge in [0.2, 0.25) is 0 Å². The molecule has 0 spiro atoms. The first-order valence-electron chi connectivity index (χ1n) is 9.54. The van der Waals surface area contributed by atoms with Crippen LogP contribution in [0.5, 0.6) is 0 Å². The summed E-state index contributed by atoms with van der Waals surface area (Å²) in [5.74, 6) is -1.23. The molecule has 0 radical (unpaired) electrons. The highest BCUT2D eigenvalue weighted by atomic mass is 32.1. The number of rotatable bonds is 5. The summed E-state index contributed by atoms with van der Waals surface area (Å²) < 4.78 is 4.71. The molecule has 1 aliphatic rings. The van der Waals surface area contributed by atoms with Gasteiger partial charge in [0.05, 0.1) is 17.6 Å². The number of esters is 1. The van der Waals surface area contributed by atoms with E-state index in [1.165, 1.54) is 19.2 Å². The van der Waals surface area contributed by atoms with Gasteiger partial charge in [-0.3, -0.25) is 20.2 Å². The molecule has 0 bridgehead atoms. The predicted octanol–water partition coefficient (Wildman–Crippen LogP) is 3.35. The minimum absolute atomic E-state index is 0.0712. The lowest BCUT2D eigenvalue weighted by molar-refractivity contribution is -0.384. The van der Waals surface area contributed by atoms with Crippen LogP contribution in [0.4, 0.5) is 16.4 Å². The quantitative estimate of drug-likeness (QED) is 0.290. The number of nitro benzene ring substituents is 1. The van der Waals surface area contributed by atoms with E-state index < -0.39 is 16.8 Å². The second-order valence-electron chi connectivity index (χ2n) is 6.93. The second-order valence-corrected chi connectivity index (χ2v) is 8.36. The number of anilines is 2. The van der Waals surface area contributed by atoms with Gasteiger partial charge in [0.15, 0.2) is 5.11 Å². The molecule has 1 aliphatic heterocycles. The summed E-state index contributed by atoms with van der Waals surface area (Å²) in [6, 6.07) is 6.28. The second kappa shape index (κ2) is 9.71. The lowest BCUT2D eigenvalue weighted by Gasteiger charge is -2.18. The number of nitriles is 1. The Kier molecular flexibility index (Phi) is 7.01. The van der Waals surface area contributed by atoms with E-state index in [4.69, 9.17) is 17.0 Å². The van der Waals surface area contributed by atoms with E-state index in [0.29, 0.717) is 11.3 Å². The first kappa shape index (κ1) is 23.1. The molecule has 2 N–H and O–H groups in total. The summed E-state index contributed by atoms with van der Waals surface area (Å²) >= 11 is 6.14. The van der Waals surface area contributed by atoms with Crippen molar-refractivity contribution in [3.8, 4) is 6.07 Å². The normalized spacial score (nSPS) is 12.7. The molecule has 1 aromatic carbocycles. The summed E-state index contributed by atoms with van der Waals surface area (Å²) in [6.07, 6.45) is 1.92. The van der Waals surface area contributed by atoms with Crippen LogP contribution in [-0.4, -0.2) is 42.1 Å². The Bertz CT molecular complexity index is 1150. The smallest absolute Gasteiger partial charge is 0.348 e. The fraction of sp³-hybridized carbons (Fsp3) is 0.300. The topological polar surface area (TPSA) is 138 Å². The Balaban J connectivity index is 1.77. The molecular weight excluding hydrogens is 454 g/mol. The van der Waals surface area contributed by atoms with Crippen molar-refractivity contribution in [3.63, 3.8) is 0 Å². The van der Waals surface area contributed by atoms with Crippen molar-refractivity contribution in [1.29, 1.82) is 5.26 Å². The summed E-state index contributed by atoms with van der Waals surface area (Å²) in [5, 5.41) is 26.3. The van der Waals surface area contributed by atoms with Gasteiger partial charge in [-0.25, -0.2) is 4.79 Å². The van der Waals surface area contributed by atoms with Gasteiger partial charge < -0.3 is 15.0 Å². The van der Waals surface area contributed by atoms with Crippen molar-refractivity contribution >= 4 is 56.9 Å². The maximum atomic E-state index is 12.6. The van der Waals surface area contributed by atoms with Crippen molar-refractivity contribution in [2.75, 3.05) is 30.4 Å². The molecule has 0 unspecified atom stereocenters. The molecule has 2 aromatic rings. The Hall–Kier alpha value is -3.56. The summed E-state index contributed by atoms with van der Waals surface area (Å²) in [4.78, 5) is 37.7. The third-order valence-corrected chi connectivity index (χ3v) is 6.36. The molecule has 3 rings (SSSR count). The monoisotopic (exact) mass is 473 g/mol. The van der Waals surface area contributed by atoms with Crippen molar-refractivity contribution in [2.45, 2.75) is 19.8 Å². The molecule has 12 heteroatoms. The van der Waals surface area contributed by atoms with E-state index in [0.717, 1.165) is 37.3 Å². The number of carbonyl (C=O) groups excluding carboxylic acids is 2. The number of benzene rings is 1. The van der Waals surface area contributed by atoms with Gasteiger partial charge in [0.1, 0.15) is 21.6 Å². The molecule has 0 atom stereocenters. The molecule has 2 heterocycles.